The molecular formula is C4H5FN4O. The van der Waals surface area contributed by atoms with E-state index < -0.39 is 11.9 Å². The van der Waals surface area contributed by atoms with Crippen LogP contribution in [0.25, 0.3) is 0 Å². The molecule has 0 radical (unpaired) electrons. The van der Waals surface area contributed by atoms with Gasteiger partial charge in [0.2, 0.25) is 5.95 Å². The molecule has 1 aromatic rings. The summed E-state index contributed by atoms with van der Waals surface area (Å²) in [4.78, 5) is 16.0. The quantitative estimate of drug-likeness (QED) is 0.273. The molecule has 0 aromatic carbocycles. The molecule has 0 aliphatic heterocycles. The van der Waals surface area contributed by atoms with Gasteiger partial charge in [-0.1, -0.05) is 0 Å². The van der Waals surface area contributed by atoms with E-state index in [1.54, 1.807) is 5.43 Å². The van der Waals surface area contributed by atoms with Crippen LogP contribution in [0.5, 0.6) is 0 Å². The monoisotopic (exact) mass is 144 g/mol. The van der Waals surface area contributed by atoms with Gasteiger partial charge < -0.3 is 4.98 Å². The van der Waals surface area contributed by atoms with Crippen molar-refractivity contribution < 1.29 is 9.18 Å². The second-order valence-electron chi connectivity index (χ2n) is 1.54. The summed E-state index contributed by atoms with van der Waals surface area (Å²) in [5.41, 5.74) is 1.42. The van der Waals surface area contributed by atoms with Crippen LogP contribution in [0, 0.1) is 5.95 Å². The molecule has 5 nitrogen and oxygen atoms in total. The smallest absolute Gasteiger partial charge is 0.288 e. The van der Waals surface area contributed by atoms with Crippen LogP contribution in [-0.4, -0.2) is 15.9 Å². The first-order valence-corrected chi connectivity index (χ1v) is 2.45. The predicted molar refractivity (Wildman–Crippen MR) is 30.2 cm³/mol. The lowest BCUT2D eigenvalue weighted by Gasteiger charge is -1.91. The van der Waals surface area contributed by atoms with Gasteiger partial charge in [0.1, 0.15) is 0 Å². The van der Waals surface area contributed by atoms with Crippen LogP contribution in [0.3, 0.4) is 0 Å². The Bertz CT molecular complexity index is 245. The SMILES string of the molecule is NNC(=O)c1nc[nH]c1F. The minimum Gasteiger partial charge on any atom is -0.321 e. The number of carbonyl (C=O) groups excluding carboxylic acids is 1. The topological polar surface area (TPSA) is 83.8 Å². The summed E-state index contributed by atoms with van der Waals surface area (Å²) in [6.07, 6.45) is 1.07. The molecular weight excluding hydrogens is 139 g/mol. The zero-order chi connectivity index (χ0) is 7.56. The lowest BCUT2D eigenvalue weighted by Crippen LogP contribution is -2.30. The largest absolute Gasteiger partial charge is 0.321 e. The Morgan fingerprint density at radius 2 is 2.60 bits per heavy atom. The van der Waals surface area contributed by atoms with Gasteiger partial charge in [-0.05, 0) is 0 Å². The molecule has 1 heterocycles. The molecule has 1 rings (SSSR count). The van der Waals surface area contributed by atoms with Gasteiger partial charge in [-0.15, -0.1) is 0 Å². The lowest BCUT2D eigenvalue weighted by molar-refractivity contribution is 0.0945. The van der Waals surface area contributed by atoms with E-state index in [9.17, 15) is 9.18 Å². The van der Waals surface area contributed by atoms with Crippen molar-refractivity contribution in [3.8, 4) is 0 Å². The number of aromatic nitrogens is 2. The predicted octanol–water partition coefficient (Wildman–Crippen LogP) is -0.848. The number of amides is 1. The molecule has 1 amide bonds. The van der Waals surface area contributed by atoms with E-state index in [1.165, 1.54) is 0 Å². The number of nitrogens with one attached hydrogen (secondary N) is 2. The second-order valence-corrected chi connectivity index (χ2v) is 1.54. The van der Waals surface area contributed by atoms with Gasteiger partial charge >= 0.3 is 0 Å². The summed E-state index contributed by atoms with van der Waals surface area (Å²) >= 11 is 0. The highest BCUT2D eigenvalue weighted by molar-refractivity contribution is 5.91. The number of hydrogen-bond donors (Lipinski definition) is 3. The fraction of sp³-hybridized carbons (Fsp3) is 0. The van der Waals surface area contributed by atoms with Crippen molar-refractivity contribution in [2.75, 3.05) is 0 Å². The van der Waals surface area contributed by atoms with Crippen LogP contribution < -0.4 is 11.3 Å². The first-order chi connectivity index (χ1) is 4.75. The summed E-state index contributed by atoms with van der Waals surface area (Å²) in [6, 6.07) is 0. The number of hydrazine groups is 1. The summed E-state index contributed by atoms with van der Waals surface area (Å²) in [6.45, 7) is 0. The molecule has 0 aliphatic rings. The maximum atomic E-state index is 12.4. The highest BCUT2D eigenvalue weighted by Crippen LogP contribution is 1.97. The molecule has 0 fully saturated rings. The number of nitrogens with zero attached hydrogens (tertiary/aromatic N) is 1. The standard InChI is InChI=1S/C4H5FN4O/c5-3-2(4(10)9-6)7-1-8-3/h1H,6H2,(H,7,8)(H,9,10). The van der Waals surface area contributed by atoms with E-state index in [1.807, 2.05) is 0 Å². The summed E-state index contributed by atoms with van der Waals surface area (Å²) in [5.74, 6) is 3.17. The zero-order valence-electron chi connectivity index (χ0n) is 4.89. The number of carbonyl (C=O) groups is 1. The Morgan fingerprint density at radius 1 is 1.90 bits per heavy atom. The lowest BCUT2D eigenvalue weighted by atomic mass is 10.4. The van der Waals surface area contributed by atoms with Crippen LogP contribution in [0.4, 0.5) is 4.39 Å². The van der Waals surface area contributed by atoms with Gasteiger partial charge in [0.25, 0.3) is 5.91 Å². The normalized spacial score (nSPS) is 9.40. The third-order valence-electron chi connectivity index (χ3n) is 0.939. The van der Waals surface area contributed by atoms with E-state index in [4.69, 9.17) is 5.84 Å². The van der Waals surface area contributed by atoms with Crippen molar-refractivity contribution in [1.29, 1.82) is 0 Å². The van der Waals surface area contributed by atoms with Crippen molar-refractivity contribution in [2.24, 2.45) is 5.84 Å². The number of hydrogen-bond acceptors (Lipinski definition) is 3. The second kappa shape index (κ2) is 2.44. The summed E-state index contributed by atoms with van der Waals surface area (Å²) < 4.78 is 12.4. The Labute approximate surface area is 55.4 Å². The van der Waals surface area contributed by atoms with Crippen LogP contribution in [0.2, 0.25) is 0 Å². The Kier molecular flexibility index (Phi) is 1.63. The Morgan fingerprint density at radius 3 is 3.00 bits per heavy atom. The van der Waals surface area contributed by atoms with Crippen LogP contribution >= 0.6 is 0 Å². The van der Waals surface area contributed by atoms with Crippen molar-refractivity contribution in [3.05, 3.63) is 18.0 Å². The number of nitrogens with two attached hydrogens (primary N) is 1. The molecule has 0 aliphatic carbocycles. The number of H-pyrrole nitrogens is 1. The number of nitrogen functional groups attached to an aromatic ring is 1. The van der Waals surface area contributed by atoms with Crippen LogP contribution in [-0.2, 0) is 0 Å². The van der Waals surface area contributed by atoms with E-state index in [2.05, 4.69) is 9.97 Å². The van der Waals surface area contributed by atoms with E-state index in [-0.39, 0.29) is 5.69 Å². The highest BCUT2D eigenvalue weighted by Gasteiger charge is 2.11. The maximum Gasteiger partial charge on any atom is 0.288 e. The molecule has 0 spiro atoms. The number of aromatic amines is 1. The molecule has 0 atom stereocenters. The first kappa shape index (κ1) is 6.69. The molecule has 54 valence electrons. The Hall–Kier alpha value is -1.43. The van der Waals surface area contributed by atoms with E-state index in [0.717, 1.165) is 6.33 Å². The summed E-state index contributed by atoms with van der Waals surface area (Å²) in [5, 5.41) is 0. The average molecular weight is 144 g/mol. The molecule has 4 N–H and O–H groups in total. The maximum absolute atomic E-state index is 12.4. The minimum atomic E-state index is -0.789. The number of halogens is 1. The van der Waals surface area contributed by atoms with Gasteiger partial charge in [-0.2, -0.15) is 4.39 Å². The van der Waals surface area contributed by atoms with Gasteiger partial charge in [0.05, 0.1) is 6.33 Å². The van der Waals surface area contributed by atoms with Crippen molar-refractivity contribution in [1.82, 2.24) is 15.4 Å². The van der Waals surface area contributed by atoms with Crippen molar-refractivity contribution >= 4 is 5.91 Å². The molecule has 0 unspecified atom stereocenters. The minimum absolute atomic E-state index is 0.331. The van der Waals surface area contributed by atoms with Gasteiger partial charge in [-0.25, -0.2) is 10.8 Å². The fourth-order valence-electron chi connectivity index (χ4n) is 0.505. The molecule has 0 saturated carbocycles. The van der Waals surface area contributed by atoms with Crippen LogP contribution in [0.1, 0.15) is 10.5 Å². The van der Waals surface area contributed by atoms with Gasteiger partial charge in [-0.3, -0.25) is 10.2 Å². The zero-order valence-corrected chi connectivity index (χ0v) is 4.89. The Balaban J connectivity index is 2.93. The van der Waals surface area contributed by atoms with Gasteiger partial charge in [0.15, 0.2) is 5.69 Å². The van der Waals surface area contributed by atoms with Crippen molar-refractivity contribution in [2.45, 2.75) is 0 Å². The highest BCUT2D eigenvalue weighted by atomic mass is 19.1. The first-order valence-electron chi connectivity index (χ1n) is 2.45. The molecule has 1 aromatic heterocycles. The molecule has 6 heteroatoms. The molecule has 0 bridgehead atoms. The third kappa shape index (κ3) is 0.960. The average Bonchev–Trinajstić information content (AvgIpc) is 2.34. The number of imidazole rings is 1. The summed E-state index contributed by atoms with van der Waals surface area (Å²) in [7, 11) is 0. The molecule has 0 saturated heterocycles. The van der Waals surface area contributed by atoms with Crippen LogP contribution in [0.15, 0.2) is 6.33 Å². The van der Waals surface area contributed by atoms with Gasteiger partial charge in [0, 0.05) is 0 Å². The van der Waals surface area contributed by atoms with E-state index in [0.29, 0.717) is 0 Å². The van der Waals surface area contributed by atoms with E-state index >= 15 is 0 Å². The molecule has 10 heavy (non-hydrogen) atoms. The fourth-order valence-corrected chi connectivity index (χ4v) is 0.505. The number of rotatable bonds is 1. The third-order valence-corrected chi connectivity index (χ3v) is 0.939. The van der Waals surface area contributed by atoms with Crippen molar-refractivity contribution in [3.63, 3.8) is 0 Å².